The van der Waals surface area contributed by atoms with Crippen LogP contribution in [0.1, 0.15) is 41.6 Å². The zero-order valence-corrected chi connectivity index (χ0v) is 20.6. The van der Waals surface area contributed by atoms with Crippen LogP contribution < -0.4 is 16.6 Å². The molecule has 2 aromatic carbocycles. The van der Waals surface area contributed by atoms with Crippen LogP contribution in [0.4, 0.5) is 0 Å². The second-order valence-electron chi connectivity index (χ2n) is 8.53. The quantitative estimate of drug-likeness (QED) is 0.265. The number of aromatic nitrogens is 2. The number of para-hydroxylation sites is 1. The Bertz CT molecular complexity index is 1300. The molecule has 1 aliphatic rings. The highest BCUT2D eigenvalue weighted by molar-refractivity contribution is 5.96. The SMILES string of the molecule is COC(=O)C1CCC(NC(=O)c2cc(-c3ccc(C(=N)N)cc3)nn(-c3ccccc3)c2=O)CC1.Cl. The summed E-state index contributed by atoms with van der Waals surface area (Å²) in [6.07, 6.45) is 2.50. The molecule has 0 radical (unpaired) electrons. The highest BCUT2D eigenvalue weighted by Gasteiger charge is 2.28. The van der Waals surface area contributed by atoms with Crippen molar-refractivity contribution in [1.29, 1.82) is 5.41 Å². The number of amides is 1. The first kappa shape index (κ1) is 26.6. The minimum Gasteiger partial charge on any atom is -0.469 e. The topological polar surface area (TPSA) is 140 Å². The molecule has 1 aromatic heterocycles. The minimum absolute atomic E-state index is 0. The van der Waals surface area contributed by atoms with E-state index >= 15 is 0 Å². The Morgan fingerprint density at radius 1 is 1.06 bits per heavy atom. The first-order chi connectivity index (χ1) is 16.9. The Morgan fingerprint density at radius 2 is 1.69 bits per heavy atom. The van der Waals surface area contributed by atoms with E-state index in [9.17, 15) is 14.4 Å². The van der Waals surface area contributed by atoms with Crippen molar-refractivity contribution in [3.8, 4) is 16.9 Å². The smallest absolute Gasteiger partial charge is 0.308 e. The Labute approximate surface area is 214 Å². The number of carbonyl (C=O) groups excluding carboxylic acids is 2. The molecule has 1 fully saturated rings. The monoisotopic (exact) mass is 509 g/mol. The summed E-state index contributed by atoms with van der Waals surface area (Å²) in [6, 6.07) is 17.1. The third-order valence-corrected chi connectivity index (χ3v) is 6.25. The maximum Gasteiger partial charge on any atom is 0.308 e. The van der Waals surface area contributed by atoms with E-state index in [4.69, 9.17) is 15.9 Å². The average molecular weight is 510 g/mol. The number of nitrogens with zero attached hydrogens (tertiary/aromatic N) is 2. The summed E-state index contributed by atoms with van der Waals surface area (Å²) >= 11 is 0. The number of esters is 1. The zero-order valence-electron chi connectivity index (χ0n) is 19.8. The Hall–Kier alpha value is -3.98. The molecule has 1 saturated carbocycles. The van der Waals surface area contributed by atoms with E-state index in [-0.39, 0.29) is 41.7 Å². The predicted molar refractivity (Wildman–Crippen MR) is 139 cm³/mol. The van der Waals surface area contributed by atoms with Crippen molar-refractivity contribution in [3.63, 3.8) is 0 Å². The molecule has 0 atom stereocenters. The molecule has 188 valence electrons. The molecule has 1 amide bonds. The molecule has 36 heavy (non-hydrogen) atoms. The van der Waals surface area contributed by atoms with Crippen LogP contribution in [0.25, 0.3) is 16.9 Å². The van der Waals surface area contributed by atoms with E-state index in [1.807, 2.05) is 6.07 Å². The van der Waals surface area contributed by atoms with Crippen molar-refractivity contribution in [2.24, 2.45) is 11.7 Å². The average Bonchev–Trinajstić information content (AvgIpc) is 2.89. The number of hydrogen-bond donors (Lipinski definition) is 3. The van der Waals surface area contributed by atoms with Crippen LogP contribution in [0.5, 0.6) is 0 Å². The number of halogens is 1. The fraction of sp³-hybridized carbons (Fsp3) is 0.269. The predicted octanol–water partition coefficient (Wildman–Crippen LogP) is 3.07. The van der Waals surface area contributed by atoms with E-state index in [1.54, 1.807) is 48.5 Å². The van der Waals surface area contributed by atoms with Crippen LogP contribution in [0.3, 0.4) is 0 Å². The second-order valence-corrected chi connectivity index (χ2v) is 8.53. The lowest BCUT2D eigenvalue weighted by molar-refractivity contribution is -0.146. The molecule has 0 saturated heterocycles. The van der Waals surface area contributed by atoms with Crippen molar-refractivity contribution >= 4 is 30.1 Å². The van der Waals surface area contributed by atoms with Gasteiger partial charge in [0.05, 0.1) is 24.4 Å². The van der Waals surface area contributed by atoms with Gasteiger partial charge in [-0.25, -0.2) is 0 Å². The van der Waals surface area contributed by atoms with Crippen LogP contribution >= 0.6 is 12.4 Å². The van der Waals surface area contributed by atoms with Gasteiger partial charge in [-0.1, -0.05) is 42.5 Å². The maximum absolute atomic E-state index is 13.3. The highest BCUT2D eigenvalue weighted by Crippen LogP contribution is 2.25. The van der Waals surface area contributed by atoms with Gasteiger partial charge in [0.15, 0.2) is 0 Å². The number of ether oxygens (including phenoxy) is 1. The molecule has 1 aliphatic carbocycles. The first-order valence-electron chi connectivity index (χ1n) is 11.4. The van der Waals surface area contributed by atoms with Gasteiger partial charge in [0, 0.05) is 17.2 Å². The van der Waals surface area contributed by atoms with E-state index in [0.29, 0.717) is 48.2 Å². The lowest BCUT2D eigenvalue weighted by Crippen LogP contribution is -2.41. The van der Waals surface area contributed by atoms with Gasteiger partial charge >= 0.3 is 5.97 Å². The van der Waals surface area contributed by atoms with Gasteiger partial charge in [-0.15, -0.1) is 12.4 Å². The number of benzene rings is 2. The molecular formula is C26H28ClN5O4. The summed E-state index contributed by atoms with van der Waals surface area (Å²) in [7, 11) is 1.38. The number of nitrogen functional groups attached to an aromatic ring is 1. The Kier molecular flexibility index (Phi) is 8.60. The van der Waals surface area contributed by atoms with Gasteiger partial charge in [-0.3, -0.25) is 19.8 Å². The summed E-state index contributed by atoms with van der Waals surface area (Å²) in [5, 5.41) is 15.0. The number of rotatable bonds is 6. The van der Waals surface area contributed by atoms with Crippen LogP contribution in [0.2, 0.25) is 0 Å². The minimum atomic E-state index is -0.527. The fourth-order valence-electron chi connectivity index (χ4n) is 4.27. The normalized spacial score (nSPS) is 16.9. The van der Waals surface area contributed by atoms with Gasteiger partial charge in [0.1, 0.15) is 11.4 Å². The number of amidine groups is 1. The number of nitrogens with one attached hydrogen (secondary N) is 2. The molecule has 10 heteroatoms. The van der Waals surface area contributed by atoms with Gasteiger partial charge in [-0.05, 0) is 43.9 Å². The van der Waals surface area contributed by atoms with Crippen LogP contribution in [0, 0.1) is 11.3 Å². The summed E-state index contributed by atoms with van der Waals surface area (Å²) < 4.78 is 6.05. The molecule has 0 unspecified atom stereocenters. The van der Waals surface area contributed by atoms with Crippen LogP contribution in [-0.2, 0) is 9.53 Å². The standard InChI is InChI=1S/C26H27N5O4.ClH/c1-35-26(34)18-11-13-19(14-12-18)29-24(32)21-15-22(16-7-9-17(10-8-16)23(27)28)30-31(25(21)33)20-5-3-2-4-6-20;/h2-10,15,18-19H,11-14H2,1H3,(H3,27,28)(H,29,32);1H. The maximum atomic E-state index is 13.3. The summed E-state index contributed by atoms with van der Waals surface area (Å²) in [4.78, 5) is 38.3. The molecule has 4 rings (SSSR count). The lowest BCUT2D eigenvalue weighted by Gasteiger charge is -2.27. The van der Waals surface area contributed by atoms with Gasteiger partial charge < -0.3 is 15.8 Å². The van der Waals surface area contributed by atoms with Crippen molar-refractivity contribution < 1.29 is 14.3 Å². The van der Waals surface area contributed by atoms with Crippen molar-refractivity contribution in [2.45, 2.75) is 31.7 Å². The largest absolute Gasteiger partial charge is 0.469 e. The van der Waals surface area contributed by atoms with E-state index in [0.717, 1.165) is 0 Å². The number of hydrogen-bond acceptors (Lipinski definition) is 6. The third kappa shape index (κ3) is 5.80. The van der Waals surface area contributed by atoms with Crippen molar-refractivity contribution in [1.82, 2.24) is 15.1 Å². The van der Waals surface area contributed by atoms with E-state index in [2.05, 4.69) is 10.4 Å². The van der Waals surface area contributed by atoms with Crippen LogP contribution in [0.15, 0.2) is 65.5 Å². The summed E-state index contributed by atoms with van der Waals surface area (Å²) in [5.74, 6) is -0.921. The van der Waals surface area contributed by atoms with Crippen LogP contribution in [-0.4, -0.2) is 40.6 Å². The molecular weight excluding hydrogens is 482 g/mol. The number of carbonyl (C=O) groups is 2. The van der Waals surface area contributed by atoms with Gasteiger partial charge in [0.25, 0.3) is 11.5 Å². The van der Waals surface area contributed by atoms with Crippen molar-refractivity contribution in [2.75, 3.05) is 7.11 Å². The van der Waals surface area contributed by atoms with E-state index in [1.165, 1.54) is 17.9 Å². The molecule has 0 bridgehead atoms. The number of methoxy groups -OCH3 is 1. The Balaban J connectivity index is 0.00000361. The lowest BCUT2D eigenvalue weighted by atomic mass is 9.86. The molecule has 3 aromatic rings. The first-order valence-corrected chi connectivity index (χ1v) is 11.4. The molecule has 1 heterocycles. The molecule has 0 spiro atoms. The summed E-state index contributed by atoms with van der Waals surface area (Å²) in [6.45, 7) is 0. The van der Waals surface area contributed by atoms with E-state index < -0.39 is 11.5 Å². The molecule has 0 aliphatic heterocycles. The highest BCUT2D eigenvalue weighted by atomic mass is 35.5. The van der Waals surface area contributed by atoms with Crippen molar-refractivity contribution in [3.05, 3.63) is 82.1 Å². The zero-order chi connectivity index (χ0) is 24.9. The third-order valence-electron chi connectivity index (χ3n) is 6.25. The second kappa shape index (κ2) is 11.6. The fourth-order valence-corrected chi connectivity index (χ4v) is 4.27. The van der Waals surface area contributed by atoms with Gasteiger partial charge in [0.2, 0.25) is 0 Å². The van der Waals surface area contributed by atoms with Gasteiger partial charge in [-0.2, -0.15) is 9.78 Å². The summed E-state index contributed by atoms with van der Waals surface area (Å²) in [5.41, 5.74) is 7.20. The Morgan fingerprint density at radius 3 is 2.28 bits per heavy atom. The molecule has 9 nitrogen and oxygen atoms in total. The molecule has 4 N–H and O–H groups in total. The number of nitrogens with two attached hydrogens (primary N) is 1.